The van der Waals surface area contributed by atoms with E-state index in [1.165, 1.54) is 6.07 Å². The Balaban J connectivity index is 1.42. The topological polar surface area (TPSA) is 108 Å². The Morgan fingerprint density at radius 2 is 1.88 bits per heavy atom. The van der Waals surface area contributed by atoms with E-state index >= 15 is 0 Å². The Morgan fingerprint density at radius 3 is 2.44 bits per heavy atom. The standard InChI is InChI=1S/C25H27FN4O2/c1-13-14(2)22-11-20(13)23(30-22)25(32)29-19(12-27)9-18-8-7-17(10-21(18)26)15-3-5-16(6-4-15)24(28)31/h3-8,10,13-14,19-20,22-23,30H,9,11H2,1-2H3,(H2,28,31)(H,29,32)/t13-,14+,19+,20-,22+,23+/m1/s1. The fourth-order valence-electron chi connectivity index (χ4n) is 5.09. The molecule has 2 aromatic carbocycles. The number of hydrogen-bond donors (Lipinski definition) is 3. The number of piperidine rings is 1. The molecule has 2 fully saturated rings. The zero-order valence-electron chi connectivity index (χ0n) is 18.1. The van der Waals surface area contributed by atoms with Crippen molar-refractivity contribution in [1.29, 1.82) is 5.26 Å². The molecule has 4 rings (SSSR count). The second kappa shape index (κ2) is 8.71. The van der Waals surface area contributed by atoms with Crippen molar-refractivity contribution in [2.75, 3.05) is 0 Å². The van der Waals surface area contributed by atoms with Crippen LogP contribution >= 0.6 is 0 Å². The fourth-order valence-corrected chi connectivity index (χ4v) is 5.09. The first kappa shape index (κ1) is 22.0. The van der Waals surface area contributed by atoms with Gasteiger partial charge >= 0.3 is 0 Å². The molecule has 1 aliphatic carbocycles. The van der Waals surface area contributed by atoms with E-state index in [1.807, 2.05) is 0 Å². The molecule has 0 radical (unpaired) electrons. The Labute approximate surface area is 187 Å². The number of fused-ring (bicyclic) bond motifs is 2. The molecule has 2 aromatic rings. The predicted molar refractivity (Wildman–Crippen MR) is 119 cm³/mol. The van der Waals surface area contributed by atoms with Crippen LogP contribution in [0.2, 0.25) is 0 Å². The number of nitrogens with zero attached hydrogens (tertiary/aromatic N) is 1. The van der Waals surface area contributed by atoms with Crippen LogP contribution < -0.4 is 16.4 Å². The average Bonchev–Trinajstić information content (AvgIpc) is 3.34. The summed E-state index contributed by atoms with van der Waals surface area (Å²) >= 11 is 0. The van der Waals surface area contributed by atoms with E-state index in [4.69, 9.17) is 5.73 Å². The summed E-state index contributed by atoms with van der Waals surface area (Å²) < 4.78 is 14.8. The van der Waals surface area contributed by atoms with Gasteiger partial charge in [0.2, 0.25) is 11.8 Å². The zero-order valence-corrected chi connectivity index (χ0v) is 18.1. The smallest absolute Gasteiger partial charge is 0.248 e. The first-order chi connectivity index (χ1) is 15.3. The van der Waals surface area contributed by atoms with Gasteiger partial charge in [0, 0.05) is 18.0 Å². The van der Waals surface area contributed by atoms with E-state index in [9.17, 15) is 19.2 Å². The lowest BCUT2D eigenvalue weighted by atomic mass is 9.84. The lowest BCUT2D eigenvalue weighted by Crippen LogP contribution is -2.54. The van der Waals surface area contributed by atoms with Crippen molar-refractivity contribution in [1.82, 2.24) is 10.6 Å². The van der Waals surface area contributed by atoms with E-state index in [0.29, 0.717) is 34.6 Å². The van der Waals surface area contributed by atoms with Gasteiger partial charge in [0.25, 0.3) is 0 Å². The number of hydrogen-bond acceptors (Lipinski definition) is 4. The molecule has 6 nitrogen and oxygen atoms in total. The number of carbonyl (C=O) groups excluding carboxylic acids is 2. The summed E-state index contributed by atoms with van der Waals surface area (Å²) in [7, 11) is 0. The van der Waals surface area contributed by atoms with Gasteiger partial charge in [-0.25, -0.2) is 4.39 Å². The molecular formula is C25H27FN4O2. The van der Waals surface area contributed by atoms with Gasteiger partial charge in [0.1, 0.15) is 11.9 Å². The monoisotopic (exact) mass is 434 g/mol. The van der Waals surface area contributed by atoms with E-state index in [0.717, 1.165) is 12.0 Å². The molecule has 1 heterocycles. The van der Waals surface area contributed by atoms with Gasteiger partial charge in [-0.2, -0.15) is 5.26 Å². The average molecular weight is 435 g/mol. The highest BCUT2D eigenvalue weighted by Crippen LogP contribution is 2.44. The maximum atomic E-state index is 14.8. The molecule has 2 bridgehead atoms. The number of nitriles is 1. The third kappa shape index (κ3) is 4.11. The maximum Gasteiger partial charge on any atom is 0.248 e. The van der Waals surface area contributed by atoms with Crippen LogP contribution in [0.3, 0.4) is 0 Å². The van der Waals surface area contributed by atoms with Crippen molar-refractivity contribution < 1.29 is 14.0 Å². The summed E-state index contributed by atoms with van der Waals surface area (Å²) in [5, 5.41) is 15.7. The Morgan fingerprint density at radius 1 is 1.19 bits per heavy atom. The summed E-state index contributed by atoms with van der Waals surface area (Å²) in [6.07, 6.45) is 1.07. The van der Waals surface area contributed by atoms with Crippen LogP contribution in [0.25, 0.3) is 11.1 Å². The van der Waals surface area contributed by atoms with Crippen molar-refractivity contribution in [3.8, 4) is 17.2 Å². The normalized spacial score (nSPS) is 27.0. The lowest BCUT2D eigenvalue weighted by Gasteiger charge is -2.32. The molecule has 2 amide bonds. The number of rotatable bonds is 6. The van der Waals surface area contributed by atoms with Crippen LogP contribution in [-0.2, 0) is 11.2 Å². The highest BCUT2D eigenvalue weighted by atomic mass is 19.1. The molecule has 7 heteroatoms. The molecule has 1 aliphatic heterocycles. The van der Waals surface area contributed by atoms with Gasteiger partial charge in [-0.05, 0) is 59.1 Å². The second-order valence-electron chi connectivity index (χ2n) is 9.01. The minimum Gasteiger partial charge on any atom is -0.366 e. The maximum absolute atomic E-state index is 14.8. The lowest BCUT2D eigenvalue weighted by molar-refractivity contribution is -0.125. The number of nitrogens with two attached hydrogens (primary N) is 1. The molecule has 0 spiro atoms. The van der Waals surface area contributed by atoms with E-state index < -0.39 is 17.8 Å². The van der Waals surface area contributed by atoms with Crippen molar-refractivity contribution in [3.63, 3.8) is 0 Å². The van der Waals surface area contributed by atoms with Crippen molar-refractivity contribution >= 4 is 11.8 Å². The zero-order chi connectivity index (χ0) is 23.0. The fraction of sp³-hybridized carbons (Fsp3) is 0.400. The van der Waals surface area contributed by atoms with Crippen molar-refractivity contribution in [2.45, 2.75) is 44.8 Å². The minimum atomic E-state index is -0.814. The Kier molecular flexibility index (Phi) is 5.98. The SMILES string of the molecule is C[C@@H]1[C@H](C)[C@@H]2C[C@H]1[C@@H](C(=O)N[C@H](C#N)Cc1ccc(-c3ccc(C(N)=O)cc3)cc1F)N2. The predicted octanol–water partition coefficient (Wildman–Crippen LogP) is 2.77. The van der Waals surface area contributed by atoms with Crippen LogP contribution in [0.15, 0.2) is 42.5 Å². The van der Waals surface area contributed by atoms with Gasteiger partial charge in [0.15, 0.2) is 0 Å². The van der Waals surface area contributed by atoms with Crippen LogP contribution in [0.4, 0.5) is 4.39 Å². The third-order valence-corrected chi connectivity index (χ3v) is 7.22. The molecule has 166 valence electrons. The highest BCUT2D eigenvalue weighted by Gasteiger charge is 2.51. The van der Waals surface area contributed by atoms with Gasteiger partial charge in [-0.1, -0.05) is 38.1 Å². The van der Waals surface area contributed by atoms with Crippen molar-refractivity contribution in [3.05, 3.63) is 59.4 Å². The second-order valence-corrected chi connectivity index (χ2v) is 9.01. The highest BCUT2D eigenvalue weighted by molar-refractivity contribution is 5.93. The molecule has 1 saturated carbocycles. The number of nitrogens with one attached hydrogen (secondary N) is 2. The molecular weight excluding hydrogens is 407 g/mol. The number of benzene rings is 2. The van der Waals surface area contributed by atoms with E-state index in [1.54, 1.807) is 36.4 Å². The molecule has 2 aliphatic rings. The van der Waals surface area contributed by atoms with Gasteiger partial charge < -0.3 is 16.4 Å². The number of carbonyl (C=O) groups is 2. The quantitative estimate of drug-likeness (QED) is 0.650. The first-order valence-corrected chi connectivity index (χ1v) is 10.9. The third-order valence-electron chi connectivity index (χ3n) is 7.22. The molecule has 32 heavy (non-hydrogen) atoms. The molecule has 6 atom stereocenters. The Bertz CT molecular complexity index is 1080. The van der Waals surface area contributed by atoms with E-state index in [-0.39, 0.29) is 24.3 Å². The van der Waals surface area contributed by atoms with Gasteiger partial charge in [-0.3, -0.25) is 9.59 Å². The van der Waals surface area contributed by atoms with Crippen LogP contribution in [0.5, 0.6) is 0 Å². The largest absolute Gasteiger partial charge is 0.366 e. The molecule has 1 saturated heterocycles. The summed E-state index contributed by atoms with van der Waals surface area (Å²) in [5.41, 5.74) is 7.39. The van der Waals surface area contributed by atoms with Crippen LogP contribution in [-0.4, -0.2) is 29.9 Å². The summed E-state index contributed by atoms with van der Waals surface area (Å²) in [6.45, 7) is 4.38. The number of amides is 2. The first-order valence-electron chi connectivity index (χ1n) is 10.9. The van der Waals surface area contributed by atoms with Gasteiger partial charge in [0.05, 0.1) is 12.1 Å². The molecule has 0 aromatic heterocycles. The van der Waals surface area contributed by atoms with Crippen LogP contribution in [0, 0.1) is 34.9 Å². The summed E-state index contributed by atoms with van der Waals surface area (Å²) in [5.74, 6) is 0.111. The summed E-state index contributed by atoms with van der Waals surface area (Å²) in [6, 6.07) is 12.7. The number of primary amides is 1. The van der Waals surface area contributed by atoms with Gasteiger partial charge in [-0.15, -0.1) is 0 Å². The molecule has 4 N–H and O–H groups in total. The van der Waals surface area contributed by atoms with Crippen LogP contribution in [0.1, 0.15) is 36.2 Å². The number of halogens is 1. The van der Waals surface area contributed by atoms with E-state index in [2.05, 4.69) is 30.6 Å². The molecule has 0 unspecified atom stereocenters. The minimum absolute atomic E-state index is 0.0851. The van der Waals surface area contributed by atoms with Crippen molar-refractivity contribution in [2.24, 2.45) is 23.5 Å². The Hall–Kier alpha value is -3.24. The summed E-state index contributed by atoms with van der Waals surface area (Å²) in [4.78, 5) is 24.0.